The summed E-state index contributed by atoms with van der Waals surface area (Å²) in [5, 5.41) is 2.58. The zero-order valence-corrected chi connectivity index (χ0v) is 15.3. The van der Waals surface area contributed by atoms with E-state index in [4.69, 9.17) is 9.47 Å². The van der Waals surface area contributed by atoms with Crippen LogP contribution in [0.2, 0.25) is 0 Å². The van der Waals surface area contributed by atoms with Gasteiger partial charge in [-0.25, -0.2) is 12.8 Å². The third-order valence-corrected chi connectivity index (χ3v) is 5.38. The molecule has 0 aliphatic carbocycles. The van der Waals surface area contributed by atoms with E-state index in [1.54, 1.807) is 24.3 Å². The molecule has 0 aliphatic heterocycles. The molecule has 9 heteroatoms. The number of methoxy groups -OCH3 is 2. The van der Waals surface area contributed by atoms with E-state index in [0.717, 1.165) is 16.4 Å². The van der Waals surface area contributed by atoms with E-state index in [-0.39, 0.29) is 10.6 Å². The number of anilines is 1. The first-order valence-corrected chi connectivity index (χ1v) is 8.95. The third kappa shape index (κ3) is 4.50. The highest BCUT2D eigenvalue weighted by Crippen LogP contribution is 2.26. The van der Waals surface area contributed by atoms with E-state index >= 15 is 0 Å². The van der Waals surface area contributed by atoms with Gasteiger partial charge in [-0.2, -0.15) is 4.31 Å². The highest BCUT2D eigenvalue weighted by Gasteiger charge is 2.27. The Bertz CT molecular complexity index is 885. The number of carbonyl (C=O) groups excluding carboxylic acids is 1. The van der Waals surface area contributed by atoms with E-state index in [9.17, 15) is 17.6 Å². The number of ether oxygens (including phenoxy) is 2. The molecule has 1 N–H and O–H groups in total. The first-order valence-electron chi connectivity index (χ1n) is 7.51. The summed E-state index contributed by atoms with van der Waals surface area (Å²) in [4.78, 5) is 11.8. The van der Waals surface area contributed by atoms with Crippen LogP contribution < -0.4 is 14.8 Å². The molecule has 0 heterocycles. The van der Waals surface area contributed by atoms with Crippen molar-refractivity contribution in [2.45, 2.75) is 4.90 Å². The molecule has 2 aromatic carbocycles. The lowest BCUT2D eigenvalue weighted by molar-refractivity contribution is -0.116. The van der Waals surface area contributed by atoms with Crippen LogP contribution in [-0.2, 0) is 14.8 Å². The number of rotatable bonds is 7. The summed E-state index contributed by atoms with van der Waals surface area (Å²) in [5.74, 6) is -0.647. The van der Waals surface area contributed by atoms with Gasteiger partial charge in [-0.1, -0.05) is 0 Å². The lowest BCUT2D eigenvalue weighted by Gasteiger charge is -2.18. The van der Waals surface area contributed by atoms with Crippen LogP contribution >= 0.6 is 0 Å². The highest BCUT2D eigenvalue weighted by molar-refractivity contribution is 7.89. The predicted molar refractivity (Wildman–Crippen MR) is 94.4 cm³/mol. The van der Waals surface area contributed by atoms with Crippen LogP contribution in [0.25, 0.3) is 0 Å². The van der Waals surface area contributed by atoms with Crippen LogP contribution in [0.15, 0.2) is 47.4 Å². The Labute approximate surface area is 151 Å². The van der Waals surface area contributed by atoms with Crippen molar-refractivity contribution in [3.05, 3.63) is 48.3 Å². The summed E-state index contributed by atoms with van der Waals surface area (Å²) in [5.41, 5.74) is 0.491. The van der Waals surface area contributed by atoms with Gasteiger partial charge in [0.2, 0.25) is 15.9 Å². The topological polar surface area (TPSA) is 84.9 Å². The van der Waals surface area contributed by atoms with Crippen molar-refractivity contribution >= 4 is 21.6 Å². The lowest BCUT2D eigenvalue weighted by Crippen LogP contribution is -2.35. The molecular weight excluding hydrogens is 363 g/mol. The fraction of sp³-hybridized carbons (Fsp3) is 0.235. The molecule has 0 fully saturated rings. The molecule has 0 aliphatic rings. The van der Waals surface area contributed by atoms with Crippen molar-refractivity contribution in [1.29, 1.82) is 0 Å². The fourth-order valence-electron chi connectivity index (χ4n) is 2.18. The molecule has 26 heavy (non-hydrogen) atoms. The van der Waals surface area contributed by atoms with Gasteiger partial charge in [-0.15, -0.1) is 0 Å². The van der Waals surface area contributed by atoms with Crippen LogP contribution in [0, 0.1) is 5.82 Å². The number of sulfonamides is 1. The Balaban J connectivity index is 2.13. The Hall–Kier alpha value is -2.65. The number of hydrogen-bond acceptors (Lipinski definition) is 5. The number of nitrogens with zero attached hydrogens (tertiary/aromatic N) is 1. The maximum absolute atomic E-state index is 13.5. The van der Waals surface area contributed by atoms with Gasteiger partial charge in [-0.3, -0.25) is 4.79 Å². The maximum atomic E-state index is 13.5. The summed E-state index contributed by atoms with van der Waals surface area (Å²) in [7, 11) is -0.0830. The van der Waals surface area contributed by atoms with Crippen molar-refractivity contribution in [3.8, 4) is 11.5 Å². The minimum atomic E-state index is -4.11. The first-order chi connectivity index (χ1) is 12.3. The first kappa shape index (κ1) is 19.7. The zero-order chi connectivity index (χ0) is 19.3. The molecule has 0 aromatic heterocycles. The SMILES string of the molecule is COc1ccc(NC(=O)CN(C)S(=O)(=O)c2cc(F)ccc2OC)cc1. The summed E-state index contributed by atoms with van der Waals surface area (Å²) >= 11 is 0. The molecule has 0 bridgehead atoms. The normalized spacial score (nSPS) is 11.3. The van der Waals surface area contributed by atoms with Gasteiger partial charge in [-0.05, 0) is 42.5 Å². The van der Waals surface area contributed by atoms with Crippen LogP contribution in [0.3, 0.4) is 0 Å². The Morgan fingerprint density at radius 3 is 2.35 bits per heavy atom. The second kappa shape index (κ2) is 8.15. The van der Waals surface area contributed by atoms with Gasteiger partial charge in [0, 0.05) is 12.7 Å². The Morgan fingerprint density at radius 2 is 1.77 bits per heavy atom. The molecule has 0 atom stereocenters. The standard InChI is InChI=1S/C17H19FN2O5S/c1-20(11-17(21)19-13-5-7-14(24-2)8-6-13)26(22,23)16-10-12(18)4-9-15(16)25-3/h4-10H,11H2,1-3H3,(H,19,21). The van der Waals surface area contributed by atoms with Gasteiger partial charge < -0.3 is 14.8 Å². The number of carbonyl (C=O) groups is 1. The second-order valence-electron chi connectivity index (χ2n) is 5.33. The molecular formula is C17H19FN2O5S. The summed E-state index contributed by atoms with van der Waals surface area (Å²) in [6.45, 7) is -0.450. The number of likely N-dealkylation sites (N-methyl/N-ethyl adjacent to an activating group) is 1. The fourth-order valence-corrected chi connectivity index (χ4v) is 3.47. The monoisotopic (exact) mass is 382 g/mol. The molecule has 0 spiro atoms. The van der Waals surface area contributed by atoms with E-state index in [1.807, 2.05) is 0 Å². The molecule has 0 saturated carbocycles. The molecule has 140 valence electrons. The maximum Gasteiger partial charge on any atom is 0.247 e. The van der Waals surface area contributed by atoms with Gasteiger partial charge in [0.25, 0.3) is 0 Å². The number of benzene rings is 2. The summed E-state index contributed by atoms with van der Waals surface area (Å²) < 4.78 is 49.5. The van der Waals surface area contributed by atoms with Crippen molar-refractivity contribution in [2.24, 2.45) is 0 Å². The molecule has 2 aromatic rings. The van der Waals surface area contributed by atoms with E-state index in [0.29, 0.717) is 11.4 Å². The molecule has 0 unspecified atom stereocenters. The lowest BCUT2D eigenvalue weighted by atomic mass is 10.3. The second-order valence-corrected chi connectivity index (χ2v) is 7.35. The average molecular weight is 382 g/mol. The smallest absolute Gasteiger partial charge is 0.247 e. The molecule has 7 nitrogen and oxygen atoms in total. The Kier molecular flexibility index (Phi) is 6.17. The predicted octanol–water partition coefficient (Wildman–Crippen LogP) is 2.10. The van der Waals surface area contributed by atoms with Gasteiger partial charge in [0.15, 0.2) is 0 Å². The van der Waals surface area contributed by atoms with Gasteiger partial charge in [0.05, 0.1) is 20.8 Å². The average Bonchev–Trinajstić information content (AvgIpc) is 2.62. The highest BCUT2D eigenvalue weighted by atomic mass is 32.2. The van der Waals surface area contributed by atoms with Crippen molar-refractivity contribution in [1.82, 2.24) is 4.31 Å². The summed E-state index contributed by atoms with van der Waals surface area (Å²) in [6, 6.07) is 9.73. The molecule has 2 rings (SSSR count). The van der Waals surface area contributed by atoms with Gasteiger partial charge >= 0.3 is 0 Å². The van der Waals surface area contributed by atoms with Crippen molar-refractivity contribution in [3.63, 3.8) is 0 Å². The van der Waals surface area contributed by atoms with Crippen LogP contribution in [-0.4, -0.2) is 46.4 Å². The largest absolute Gasteiger partial charge is 0.497 e. The molecule has 1 amide bonds. The molecule has 0 saturated heterocycles. The van der Waals surface area contributed by atoms with Crippen LogP contribution in [0.4, 0.5) is 10.1 Å². The Morgan fingerprint density at radius 1 is 1.12 bits per heavy atom. The van der Waals surface area contributed by atoms with E-state index < -0.39 is 28.3 Å². The van der Waals surface area contributed by atoms with Crippen molar-refractivity contribution in [2.75, 3.05) is 33.1 Å². The van der Waals surface area contributed by atoms with E-state index in [2.05, 4.69) is 5.32 Å². The quantitative estimate of drug-likeness (QED) is 0.793. The summed E-state index contributed by atoms with van der Waals surface area (Å²) in [6.07, 6.45) is 0. The van der Waals surface area contributed by atoms with Crippen LogP contribution in [0.5, 0.6) is 11.5 Å². The van der Waals surface area contributed by atoms with Gasteiger partial charge in [0.1, 0.15) is 22.2 Å². The van der Waals surface area contributed by atoms with E-state index in [1.165, 1.54) is 27.3 Å². The number of nitrogens with one attached hydrogen (secondary N) is 1. The minimum absolute atomic E-state index is 0.00573. The number of halogens is 1. The van der Waals surface area contributed by atoms with Crippen molar-refractivity contribution < 1.29 is 27.1 Å². The van der Waals surface area contributed by atoms with Crippen LogP contribution in [0.1, 0.15) is 0 Å². The molecule has 0 radical (unpaired) electrons. The zero-order valence-electron chi connectivity index (χ0n) is 14.5. The minimum Gasteiger partial charge on any atom is -0.497 e. The number of amides is 1. The third-order valence-electron chi connectivity index (χ3n) is 3.55. The number of hydrogen-bond donors (Lipinski definition) is 1.